The first-order valence-electron chi connectivity index (χ1n) is 12.1. The molecular formula is C23H40N6O2. The zero-order valence-electron chi connectivity index (χ0n) is 19.5. The fourth-order valence-electron chi connectivity index (χ4n) is 4.35. The molecule has 2 aromatic heterocycles. The van der Waals surface area contributed by atoms with Crippen LogP contribution in [0.5, 0.6) is 6.01 Å². The number of unbranched alkanes of at least 4 members (excludes halogenated alkanes) is 1. The second-order valence-electron chi connectivity index (χ2n) is 9.13. The summed E-state index contributed by atoms with van der Waals surface area (Å²) in [7, 11) is 0. The van der Waals surface area contributed by atoms with Crippen LogP contribution in [0.25, 0.3) is 11.2 Å². The number of hydrogen-bond donors (Lipinski definition) is 2. The summed E-state index contributed by atoms with van der Waals surface area (Å²) in [6.45, 7) is 11.5. The second kappa shape index (κ2) is 11.5. The third-order valence-electron chi connectivity index (χ3n) is 6.59. The maximum Gasteiger partial charge on any atom is 0.327 e. The van der Waals surface area contributed by atoms with E-state index in [0.29, 0.717) is 30.2 Å². The smallest absolute Gasteiger partial charge is 0.327 e. The van der Waals surface area contributed by atoms with E-state index in [4.69, 9.17) is 10.5 Å². The Kier molecular flexibility index (Phi) is 8.75. The molecule has 1 fully saturated rings. The van der Waals surface area contributed by atoms with Gasteiger partial charge in [-0.2, -0.15) is 9.97 Å². The normalized spacial score (nSPS) is 18.5. The molecule has 174 valence electrons. The average Bonchev–Trinajstić information content (AvgIpc) is 3.08. The molecule has 1 aliphatic rings. The molecule has 0 amide bonds. The minimum atomic E-state index is -0.180. The van der Waals surface area contributed by atoms with Crippen molar-refractivity contribution in [2.24, 2.45) is 11.8 Å². The highest BCUT2D eigenvalue weighted by Gasteiger charge is 2.20. The molecule has 3 heterocycles. The lowest BCUT2D eigenvalue weighted by Crippen LogP contribution is -2.36. The largest absolute Gasteiger partial charge is 0.463 e. The number of nitrogens with one attached hydrogen (secondary N) is 1. The minimum absolute atomic E-state index is 0.180. The van der Waals surface area contributed by atoms with E-state index in [2.05, 4.69) is 40.6 Å². The molecule has 0 bridgehead atoms. The van der Waals surface area contributed by atoms with Crippen LogP contribution in [0.15, 0.2) is 4.79 Å². The average molecular weight is 433 g/mol. The van der Waals surface area contributed by atoms with Crippen LogP contribution >= 0.6 is 0 Å². The Hall–Kier alpha value is -2.09. The molecule has 3 rings (SSSR count). The highest BCUT2D eigenvalue weighted by Crippen LogP contribution is 2.23. The van der Waals surface area contributed by atoms with Gasteiger partial charge < -0.3 is 20.4 Å². The first-order chi connectivity index (χ1) is 15.0. The van der Waals surface area contributed by atoms with Gasteiger partial charge in [-0.05, 0) is 63.5 Å². The van der Waals surface area contributed by atoms with E-state index in [0.717, 1.165) is 31.6 Å². The number of ether oxygens (including phenoxy) is 1. The standard InChI is InChI=1S/C23H40N6O2/c1-4-6-15-31-22-26-20(24)19-21(27-22)29(23(30)25-19)13-8-10-18-9-7-12-28(16-18)14-11-17(3)5-2/h17-18H,4-16H2,1-3H3,(H,25,30)(H2,24,26,27). The summed E-state index contributed by atoms with van der Waals surface area (Å²) < 4.78 is 7.31. The monoisotopic (exact) mass is 432 g/mol. The van der Waals surface area contributed by atoms with E-state index in [-0.39, 0.29) is 17.5 Å². The Labute approximate surface area is 185 Å². The van der Waals surface area contributed by atoms with Crippen molar-refractivity contribution >= 4 is 17.0 Å². The number of piperidine rings is 1. The lowest BCUT2D eigenvalue weighted by Gasteiger charge is -2.33. The molecule has 31 heavy (non-hydrogen) atoms. The molecule has 1 aliphatic heterocycles. The molecule has 2 atom stereocenters. The first kappa shape index (κ1) is 23.6. The number of aromatic nitrogens is 4. The van der Waals surface area contributed by atoms with Gasteiger partial charge in [-0.15, -0.1) is 0 Å². The highest BCUT2D eigenvalue weighted by atomic mass is 16.5. The SMILES string of the molecule is CCCCOc1nc(N)c2[nH]c(=O)n(CCCC3CCCN(CCC(C)CC)C3)c2n1. The van der Waals surface area contributed by atoms with Gasteiger partial charge in [0.1, 0.15) is 5.52 Å². The van der Waals surface area contributed by atoms with Gasteiger partial charge in [-0.3, -0.25) is 4.57 Å². The van der Waals surface area contributed by atoms with E-state index in [9.17, 15) is 4.79 Å². The number of rotatable bonds is 12. The number of aromatic amines is 1. The predicted molar refractivity (Wildman–Crippen MR) is 125 cm³/mol. The van der Waals surface area contributed by atoms with Crippen molar-refractivity contribution in [3.8, 4) is 6.01 Å². The van der Waals surface area contributed by atoms with E-state index in [1.165, 1.54) is 45.3 Å². The lowest BCUT2D eigenvalue weighted by atomic mass is 9.93. The summed E-state index contributed by atoms with van der Waals surface area (Å²) in [6, 6.07) is 0.246. The van der Waals surface area contributed by atoms with E-state index >= 15 is 0 Å². The molecule has 0 radical (unpaired) electrons. The number of nitrogens with two attached hydrogens (primary N) is 1. The summed E-state index contributed by atoms with van der Waals surface area (Å²) in [5, 5.41) is 0. The zero-order valence-corrected chi connectivity index (χ0v) is 19.5. The van der Waals surface area contributed by atoms with Crippen molar-refractivity contribution in [1.82, 2.24) is 24.4 Å². The Bertz CT molecular complexity index is 877. The van der Waals surface area contributed by atoms with Crippen LogP contribution in [-0.2, 0) is 6.54 Å². The molecule has 0 aromatic carbocycles. The van der Waals surface area contributed by atoms with Gasteiger partial charge >= 0.3 is 11.7 Å². The number of aryl methyl sites for hydroxylation is 1. The number of anilines is 1. The van der Waals surface area contributed by atoms with E-state index in [1.807, 2.05) is 0 Å². The highest BCUT2D eigenvalue weighted by molar-refractivity contribution is 5.81. The number of hydrogen-bond acceptors (Lipinski definition) is 6. The van der Waals surface area contributed by atoms with Crippen molar-refractivity contribution in [3.05, 3.63) is 10.5 Å². The van der Waals surface area contributed by atoms with E-state index < -0.39 is 0 Å². The molecule has 2 unspecified atom stereocenters. The Morgan fingerprint density at radius 2 is 2.10 bits per heavy atom. The van der Waals surface area contributed by atoms with Crippen LogP contribution in [0.4, 0.5) is 5.82 Å². The number of likely N-dealkylation sites (tertiary alicyclic amines) is 1. The van der Waals surface area contributed by atoms with Crippen LogP contribution in [0, 0.1) is 11.8 Å². The zero-order chi connectivity index (χ0) is 22.2. The maximum absolute atomic E-state index is 12.5. The van der Waals surface area contributed by atoms with Crippen LogP contribution < -0.4 is 16.2 Å². The molecule has 2 aromatic rings. The quantitative estimate of drug-likeness (QED) is 0.495. The van der Waals surface area contributed by atoms with Crippen molar-refractivity contribution in [2.45, 2.75) is 78.7 Å². The molecule has 0 aliphatic carbocycles. The summed E-state index contributed by atoms with van der Waals surface area (Å²) in [6.07, 6.45) is 9.15. The molecule has 0 saturated carbocycles. The van der Waals surface area contributed by atoms with Gasteiger partial charge in [-0.1, -0.05) is 33.6 Å². The van der Waals surface area contributed by atoms with Crippen LogP contribution in [0.3, 0.4) is 0 Å². The molecule has 8 nitrogen and oxygen atoms in total. The lowest BCUT2D eigenvalue weighted by molar-refractivity contribution is 0.157. The van der Waals surface area contributed by atoms with Gasteiger partial charge in [0, 0.05) is 13.1 Å². The topological polar surface area (TPSA) is 102 Å². The van der Waals surface area contributed by atoms with Gasteiger partial charge in [-0.25, -0.2) is 4.79 Å². The van der Waals surface area contributed by atoms with Crippen molar-refractivity contribution in [2.75, 3.05) is 32.0 Å². The third-order valence-corrected chi connectivity index (χ3v) is 6.59. The first-order valence-corrected chi connectivity index (χ1v) is 12.1. The number of nitrogen functional groups attached to an aromatic ring is 1. The molecule has 3 N–H and O–H groups in total. The molecule has 1 saturated heterocycles. The maximum atomic E-state index is 12.5. The minimum Gasteiger partial charge on any atom is -0.463 e. The van der Waals surface area contributed by atoms with E-state index in [1.54, 1.807) is 4.57 Å². The fourth-order valence-corrected chi connectivity index (χ4v) is 4.35. The van der Waals surface area contributed by atoms with Crippen molar-refractivity contribution < 1.29 is 4.74 Å². The summed E-state index contributed by atoms with van der Waals surface area (Å²) in [5.41, 5.74) is 6.91. The molecule has 0 spiro atoms. The van der Waals surface area contributed by atoms with Crippen molar-refractivity contribution in [3.63, 3.8) is 0 Å². The second-order valence-corrected chi connectivity index (χ2v) is 9.13. The Balaban J connectivity index is 1.57. The van der Waals surface area contributed by atoms with Gasteiger partial charge in [0.05, 0.1) is 6.61 Å². The number of imidazole rings is 1. The predicted octanol–water partition coefficient (Wildman–Crippen LogP) is 3.81. The van der Waals surface area contributed by atoms with Crippen LogP contribution in [-0.4, -0.2) is 50.7 Å². The van der Waals surface area contributed by atoms with Gasteiger partial charge in [0.2, 0.25) is 0 Å². The Morgan fingerprint density at radius 1 is 1.26 bits per heavy atom. The Morgan fingerprint density at radius 3 is 2.87 bits per heavy atom. The molecular weight excluding hydrogens is 392 g/mol. The third kappa shape index (κ3) is 6.45. The number of nitrogens with zero attached hydrogens (tertiary/aromatic N) is 4. The summed E-state index contributed by atoms with van der Waals surface area (Å²) >= 11 is 0. The van der Waals surface area contributed by atoms with Crippen molar-refractivity contribution in [1.29, 1.82) is 0 Å². The van der Waals surface area contributed by atoms with Crippen LogP contribution in [0.2, 0.25) is 0 Å². The number of H-pyrrole nitrogens is 1. The van der Waals surface area contributed by atoms with Gasteiger partial charge in [0.15, 0.2) is 11.5 Å². The van der Waals surface area contributed by atoms with Gasteiger partial charge in [0.25, 0.3) is 0 Å². The molecule has 8 heteroatoms. The number of fused-ring (bicyclic) bond motifs is 1. The summed E-state index contributed by atoms with van der Waals surface area (Å²) in [5.74, 6) is 1.77. The van der Waals surface area contributed by atoms with Crippen LogP contribution in [0.1, 0.15) is 72.1 Å². The summed E-state index contributed by atoms with van der Waals surface area (Å²) in [4.78, 5) is 26.6. The fraction of sp³-hybridized carbons (Fsp3) is 0.783.